The summed E-state index contributed by atoms with van der Waals surface area (Å²) in [6, 6.07) is 2.71. The van der Waals surface area contributed by atoms with Crippen LogP contribution < -0.4 is 4.90 Å². The predicted molar refractivity (Wildman–Crippen MR) is 81.6 cm³/mol. The number of hydrogen-bond donors (Lipinski definition) is 0. The van der Waals surface area contributed by atoms with E-state index in [2.05, 4.69) is 4.98 Å². The number of sulfone groups is 1. The second-order valence-electron chi connectivity index (χ2n) is 5.02. The van der Waals surface area contributed by atoms with E-state index in [1.54, 1.807) is 31.1 Å². The fraction of sp³-hybridized carbons (Fsp3) is 0.308. The molecule has 0 fully saturated rings. The summed E-state index contributed by atoms with van der Waals surface area (Å²) in [7, 11) is -1.60. The van der Waals surface area contributed by atoms with Gasteiger partial charge in [0.25, 0.3) is 5.69 Å². The summed E-state index contributed by atoms with van der Waals surface area (Å²) in [4.78, 5) is 15.2. The van der Waals surface area contributed by atoms with Gasteiger partial charge < -0.3 is 9.47 Å². The van der Waals surface area contributed by atoms with Gasteiger partial charge in [-0.15, -0.1) is 0 Å². The Labute approximate surface area is 136 Å². The number of nitrogens with zero attached hydrogens (tertiary/aromatic N) is 4. The lowest BCUT2D eigenvalue weighted by Crippen LogP contribution is -2.20. The summed E-state index contributed by atoms with van der Waals surface area (Å²) in [5.41, 5.74) is -0.482. The molecule has 0 amide bonds. The van der Waals surface area contributed by atoms with Crippen LogP contribution in [0.1, 0.15) is 5.82 Å². The van der Waals surface area contributed by atoms with E-state index in [4.69, 9.17) is 0 Å². The molecular formula is C13H14F2N4O4S. The molecule has 1 aromatic carbocycles. The first-order chi connectivity index (χ1) is 11.1. The summed E-state index contributed by atoms with van der Waals surface area (Å²) in [6.07, 6.45) is 3.27. The minimum atomic E-state index is -4.90. The number of imidazole rings is 1. The summed E-state index contributed by atoms with van der Waals surface area (Å²) >= 11 is 0. The molecule has 0 aliphatic rings. The van der Waals surface area contributed by atoms with Crippen molar-refractivity contribution in [3.8, 4) is 0 Å². The van der Waals surface area contributed by atoms with Gasteiger partial charge in [-0.1, -0.05) is 0 Å². The summed E-state index contributed by atoms with van der Waals surface area (Å²) in [5, 5.41) is 11.2. The van der Waals surface area contributed by atoms with Crippen LogP contribution in [-0.2, 0) is 23.4 Å². The molecule has 1 heterocycles. The molecule has 0 bridgehead atoms. The van der Waals surface area contributed by atoms with Crippen molar-refractivity contribution in [3.05, 3.63) is 46.5 Å². The summed E-state index contributed by atoms with van der Waals surface area (Å²) < 4.78 is 49.9. The topological polar surface area (TPSA) is 98.3 Å². The van der Waals surface area contributed by atoms with Crippen LogP contribution in [-0.4, -0.2) is 35.7 Å². The third kappa shape index (κ3) is 3.35. The molecule has 0 saturated heterocycles. The number of aromatic nitrogens is 2. The molecule has 0 aliphatic carbocycles. The molecule has 0 N–H and O–H groups in total. The Morgan fingerprint density at radius 1 is 1.42 bits per heavy atom. The maximum Gasteiger partial charge on any atom is 0.341 e. The van der Waals surface area contributed by atoms with Crippen molar-refractivity contribution >= 4 is 21.2 Å². The standard InChI is InChI=1S/C13H14F2N4O4S/c1-17-6-5-16-12(17)8-18(2)10-4-3-9(7-11(10)19(20)21)24(22,23)13(14)15/h3-7,13H,8H2,1-2H3. The number of aryl methyl sites for hydroxylation is 1. The highest BCUT2D eigenvalue weighted by molar-refractivity contribution is 7.91. The number of hydrogen-bond acceptors (Lipinski definition) is 6. The van der Waals surface area contributed by atoms with Gasteiger partial charge in [-0.05, 0) is 12.1 Å². The van der Waals surface area contributed by atoms with Gasteiger partial charge in [0.2, 0.25) is 9.84 Å². The number of halogens is 2. The molecule has 0 radical (unpaired) electrons. The van der Waals surface area contributed by atoms with Crippen molar-refractivity contribution in [2.24, 2.45) is 7.05 Å². The van der Waals surface area contributed by atoms with E-state index >= 15 is 0 Å². The van der Waals surface area contributed by atoms with Gasteiger partial charge in [-0.2, -0.15) is 8.78 Å². The van der Waals surface area contributed by atoms with E-state index in [0.29, 0.717) is 11.9 Å². The third-order valence-electron chi connectivity index (χ3n) is 3.42. The summed E-state index contributed by atoms with van der Waals surface area (Å²) in [5.74, 6) is -3.02. The largest absolute Gasteiger partial charge is 0.362 e. The molecule has 1 aromatic heterocycles. The molecule has 24 heavy (non-hydrogen) atoms. The van der Waals surface area contributed by atoms with E-state index in [0.717, 1.165) is 12.1 Å². The lowest BCUT2D eigenvalue weighted by molar-refractivity contribution is -0.384. The Morgan fingerprint density at radius 2 is 2.08 bits per heavy atom. The number of anilines is 1. The monoisotopic (exact) mass is 360 g/mol. The molecule has 0 saturated carbocycles. The summed E-state index contributed by atoms with van der Waals surface area (Å²) in [6.45, 7) is 0.214. The van der Waals surface area contributed by atoms with E-state index in [1.807, 2.05) is 0 Å². The average molecular weight is 360 g/mol. The Kier molecular flexibility index (Phi) is 4.83. The fourth-order valence-corrected chi connectivity index (χ4v) is 2.84. The van der Waals surface area contributed by atoms with Crippen LogP contribution in [0.3, 0.4) is 0 Å². The number of rotatable bonds is 6. The zero-order valence-electron chi connectivity index (χ0n) is 12.8. The quantitative estimate of drug-likeness (QED) is 0.577. The molecule has 11 heteroatoms. The molecule has 2 aromatic rings. The Bertz CT molecular complexity index is 867. The smallest absolute Gasteiger partial charge is 0.341 e. The lowest BCUT2D eigenvalue weighted by atomic mass is 10.2. The van der Waals surface area contributed by atoms with Gasteiger partial charge >= 0.3 is 5.76 Å². The van der Waals surface area contributed by atoms with Crippen molar-refractivity contribution in [2.75, 3.05) is 11.9 Å². The van der Waals surface area contributed by atoms with Gasteiger partial charge in [0.05, 0.1) is 16.4 Å². The molecular weight excluding hydrogens is 346 g/mol. The molecule has 0 atom stereocenters. The molecule has 0 spiro atoms. The van der Waals surface area contributed by atoms with E-state index < -0.39 is 31.1 Å². The Hall–Kier alpha value is -2.56. The lowest BCUT2D eigenvalue weighted by Gasteiger charge is -2.19. The number of benzene rings is 1. The maximum atomic E-state index is 12.6. The van der Waals surface area contributed by atoms with Crippen LogP contribution in [0.5, 0.6) is 0 Å². The van der Waals surface area contributed by atoms with Crippen LogP contribution in [0.25, 0.3) is 0 Å². The average Bonchev–Trinajstić information content (AvgIpc) is 2.91. The first-order valence-corrected chi connectivity index (χ1v) is 8.17. The van der Waals surface area contributed by atoms with Crippen molar-refractivity contribution in [3.63, 3.8) is 0 Å². The highest BCUT2D eigenvalue weighted by Gasteiger charge is 2.30. The van der Waals surface area contributed by atoms with Gasteiger partial charge in [-0.25, -0.2) is 13.4 Å². The minimum absolute atomic E-state index is 0.0937. The van der Waals surface area contributed by atoms with E-state index in [9.17, 15) is 27.3 Å². The minimum Gasteiger partial charge on any atom is -0.362 e. The number of nitro benzene ring substituents is 1. The van der Waals surface area contributed by atoms with Crippen molar-refractivity contribution in [1.29, 1.82) is 0 Å². The zero-order chi connectivity index (χ0) is 18.1. The van der Waals surface area contributed by atoms with Crippen LogP contribution in [0, 0.1) is 10.1 Å². The van der Waals surface area contributed by atoms with Gasteiger partial charge in [0, 0.05) is 32.6 Å². The van der Waals surface area contributed by atoms with Gasteiger partial charge in [0.1, 0.15) is 11.5 Å². The van der Waals surface area contributed by atoms with Gasteiger partial charge in [-0.3, -0.25) is 10.1 Å². The van der Waals surface area contributed by atoms with Crippen molar-refractivity contribution in [1.82, 2.24) is 9.55 Å². The van der Waals surface area contributed by atoms with Crippen molar-refractivity contribution < 1.29 is 22.1 Å². The normalized spacial score (nSPS) is 11.7. The molecule has 0 unspecified atom stereocenters. The Morgan fingerprint density at radius 3 is 2.58 bits per heavy atom. The van der Waals surface area contributed by atoms with E-state index in [-0.39, 0.29) is 12.2 Å². The Balaban J connectivity index is 2.44. The van der Waals surface area contributed by atoms with Gasteiger partial charge in [0.15, 0.2) is 0 Å². The molecule has 8 nitrogen and oxygen atoms in total. The van der Waals surface area contributed by atoms with E-state index in [1.165, 1.54) is 4.90 Å². The highest BCUT2D eigenvalue weighted by Crippen LogP contribution is 2.32. The van der Waals surface area contributed by atoms with Crippen LogP contribution >= 0.6 is 0 Å². The van der Waals surface area contributed by atoms with Crippen LogP contribution in [0.15, 0.2) is 35.5 Å². The first kappa shape index (κ1) is 17.8. The first-order valence-electron chi connectivity index (χ1n) is 6.62. The fourth-order valence-electron chi connectivity index (χ4n) is 2.10. The SMILES string of the molecule is CN(Cc1nccn1C)c1ccc(S(=O)(=O)C(F)F)cc1[N+](=O)[O-]. The number of nitro groups is 1. The second kappa shape index (κ2) is 6.51. The predicted octanol–water partition coefficient (Wildman–Crippen LogP) is 1.96. The highest BCUT2D eigenvalue weighted by atomic mass is 32.2. The van der Waals surface area contributed by atoms with Crippen LogP contribution in [0.4, 0.5) is 20.2 Å². The molecule has 0 aliphatic heterocycles. The maximum absolute atomic E-state index is 12.6. The molecule has 2 rings (SSSR count). The van der Waals surface area contributed by atoms with Crippen molar-refractivity contribution in [2.45, 2.75) is 17.2 Å². The van der Waals surface area contributed by atoms with Crippen LogP contribution in [0.2, 0.25) is 0 Å². The third-order valence-corrected chi connectivity index (χ3v) is 4.80. The second-order valence-corrected chi connectivity index (χ2v) is 6.94. The zero-order valence-corrected chi connectivity index (χ0v) is 13.6. The molecule has 130 valence electrons. The number of alkyl halides is 2.